The quantitative estimate of drug-likeness (QED) is 0.500. The molecule has 0 saturated heterocycles. The van der Waals surface area contributed by atoms with Crippen LogP contribution in [0, 0.1) is 0 Å². The van der Waals surface area contributed by atoms with E-state index < -0.39 is 24.4 Å². The number of nitrogens with zero attached hydrogens (tertiary/aromatic N) is 1. The molecule has 3 N–H and O–H groups in total. The molecule has 0 bridgehead atoms. The number of nitrogens with one attached hydrogen (secondary N) is 2. The fraction of sp³-hybridized carbons (Fsp3) is 0.100. The van der Waals surface area contributed by atoms with Crippen molar-refractivity contribution in [3.05, 3.63) is 65.6 Å². The van der Waals surface area contributed by atoms with Crippen molar-refractivity contribution in [3.8, 4) is 11.3 Å². The van der Waals surface area contributed by atoms with Crippen molar-refractivity contribution >= 4 is 40.8 Å². The third-order valence-corrected chi connectivity index (χ3v) is 4.05. The lowest BCUT2D eigenvalue weighted by Crippen LogP contribution is -2.24. The Labute approximate surface area is 175 Å². The van der Waals surface area contributed by atoms with E-state index in [0.29, 0.717) is 11.4 Å². The second kappa shape index (κ2) is 9.68. The third kappa shape index (κ3) is 5.66. The molecule has 2 aromatic carbocycles. The molecule has 0 aliphatic rings. The molecule has 3 aromatic rings. The van der Waals surface area contributed by atoms with Crippen molar-refractivity contribution < 1.29 is 28.6 Å². The number of aromatic carboxylic acids is 1. The van der Waals surface area contributed by atoms with Crippen LogP contribution in [0.3, 0.4) is 0 Å². The van der Waals surface area contributed by atoms with Crippen molar-refractivity contribution in [1.82, 2.24) is 4.98 Å². The van der Waals surface area contributed by atoms with E-state index in [1.165, 1.54) is 24.6 Å². The Morgan fingerprint density at radius 3 is 2.53 bits per heavy atom. The highest BCUT2D eigenvalue weighted by Gasteiger charge is 2.14. The fourth-order valence-corrected chi connectivity index (χ4v) is 2.70. The van der Waals surface area contributed by atoms with Gasteiger partial charge in [0.1, 0.15) is 13.2 Å². The number of benzene rings is 2. The molecule has 0 aliphatic heterocycles. The van der Waals surface area contributed by atoms with E-state index in [1.54, 1.807) is 30.5 Å². The number of halogens is 1. The van der Waals surface area contributed by atoms with Gasteiger partial charge in [0.15, 0.2) is 12.2 Å². The number of oxazole rings is 1. The van der Waals surface area contributed by atoms with Crippen molar-refractivity contribution in [2.45, 2.75) is 0 Å². The summed E-state index contributed by atoms with van der Waals surface area (Å²) in [4.78, 5) is 39.1. The van der Waals surface area contributed by atoms with Crippen LogP contribution in [0.25, 0.3) is 11.3 Å². The zero-order valence-electron chi connectivity index (χ0n) is 15.4. The fourth-order valence-electron chi connectivity index (χ4n) is 2.53. The topological polar surface area (TPSA) is 131 Å². The SMILES string of the molecule is O=C(COCC(=O)Nc1ccc(Cl)cc1C(=O)O)Nc1cccc(-c2cnco2)c1. The number of carbonyl (C=O) groups is 3. The number of amides is 2. The van der Waals surface area contributed by atoms with Crippen molar-refractivity contribution in [2.75, 3.05) is 23.8 Å². The summed E-state index contributed by atoms with van der Waals surface area (Å²) in [5, 5.41) is 14.5. The molecule has 2 amide bonds. The lowest BCUT2D eigenvalue weighted by molar-refractivity contribution is -0.125. The van der Waals surface area contributed by atoms with Crippen LogP contribution in [0.2, 0.25) is 5.02 Å². The predicted molar refractivity (Wildman–Crippen MR) is 108 cm³/mol. The van der Waals surface area contributed by atoms with Crippen LogP contribution in [0.15, 0.2) is 59.5 Å². The standard InChI is InChI=1S/C20H16ClN3O6/c21-13-4-5-16(15(7-13)20(27)28)24-19(26)10-29-9-18(25)23-14-3-1-2-12(6-14)17-8-22-11-30-17/h1-8,11H,9-10H2,(H,23,25)(H,24,26)(H,27,28). The van der Waals surface area contributed by atoms with Crippen LogP contribution in [0.5, 0.6) is 0 Å². The first-order valence-corrected chi connectivity index (χ1v) is 8.99. The molecule has 0 saturated carbocycles. The van der Waals surface area contributed by atoms with E-state index in [4.69, 9.17) is 25.9 Å². The monoisotopic (exact) mass is 429 g/mol. The lowest BCUT2D eigenvalue weighted by atomic mass is 10.1. The van der Waals surface area contributed by atoms with Gasteiger partial charge in [0.25, 0.3) is 0 Å². The second-order valence-electron chi connectivity index (χ2n) is 6.03. The molecule has 1 aromatic heterocycles. The maximum Gasteiger partial charge on any atom is 0.337 e. The molecule has 154 valence electrons. The van der Waals surface area contributed by atoms with Crippen LogP contribution in [0.1, 0.15) is 10.4 Å². The van der Waals surface area contributed by atoms with E-state index in [9.17, 15) is 14.4 Å². The molecular formula is C20H16ClN3O6. The number of carboxylic acid groups (broad SMARTS) is 1. The number of hydrogen-bond acceptors (Lipinski definition) is 6. The summed E-state index contributed by atoms with van der Waals surface area (Å²) in [5.74, 6) is -1.75. The van der Waals surface area contributed by atoms with Gasteiger partial charge >= 0.3 is 5.97 Å². The zero-order chi connectivity index (χ0) is 21.5. The molecule has 3 rings (SSSR count). The Hall–Kier alpha value is -3.69. The van der Waals surface area contributed by atoms with Crippen LogP contribution in [-0.4, -0.2) is 41.1 Å². The largest absolute Gasteiger partial charge is 0.478 e. The van der Waals surface area contributed by atoms with E-state index in [0.717, 1.165) is 5.56 Å². The second-order valence-corrected chi connectivity index (χ2v) is 6.47. The van der Waals surface area contributed by atoms with E-state index >= 15 is 0 Å². The number of anilines is 2. The van der Waals surface area contributed by atoms with Gasteiger partial charge in [-0.05, 0) is 30.3 Å². The van der Waals surface area contributed by atoms with Crippen LogP contribution < -0.4 is 10.6 Å². The van der Waals surface area contributed by atoms with Crippen LogP contribution in [-0.2, 0) is 14.3 Å². The van der Waals surface area contributed by atoms with Gasteiger partial charge in [0.05, 0.1) is 17.4 Å². The summed E-state index contributed by atoms with van der Waals surface area (Å²) in [6, 6.07) is 11.0. The van der Waals surface area contributed by atoms with Gasteiger partial charge in [-0.2, -0.15) is 0 Å². The first-order chi connectivity index (χ1) is 14.4. The molecule has 0 fully saturated rings. The Balaban J connectivity index is 1.49. The summed E-state index contributed by atoms with van der Waals surface area (Å²) in [5.41, 5.74) is 1.19. The number of hydrogen-bond donors (Lipinski definition) is 3. The number of aromatic nitrogens is 1. The number of carbonyl (C=O) groups excluding carboxylic acids is 2. The molecule has 0 spiro atoms. The van der Waals surface area contributed by atoms with Gasteiger partial charge in [-0.25, -0.2) is 9.78 Å². The Kier molecular flexibility index (Phi) is 6.79. The molecule has 0 aliphatic carbocycles. The van der Waals surface area contributed by atoms with Gasteiger partial charge < -0.3 is 24.9 Å². The normalized spacial score (nSPS) is 10.4. The average molecular weight is 430 g/mol. The van der Waals surface area contributed by atoms with Crippen molar-refractivity contribution in [3.63, 3.8) is 0 Å². The molecule has 0 unspecified atom stereocenters. The maximum atomic E-state index is 12.0. The lowest BCUT2D eigenvalue weighted by Gasteiger charge is -2.10. The maximum absolute atomic E-state index is 12.0. The van der Waals surface area contributed by atoms with E-state index in [2.05, 4.69) is 15.6 Å². The summed E-state index contributed by atoms with van der Waals surface area (Å²) in [7, 11) is 0. The molecule has 30 heavy (non-hydrogen) atoms. The van der Waals surface area contributed by atoms with E-state index in [-0.39, 0.29) is 22.9 Å². The molecule has 0 radical (unpaired) electrons. The number of ether oxygens (including phenoxy) is 1. The first kappa shape index (κ1) is 21.0. The predicted octanol–water partition coefficient (Wildman–Crippen LogP) is 3.29. The van der Waals surface area contributed by atoms with Gasteiger partial charge in [0.2, 0.25) is 11.8 Å². The summed E-state index contributed by atoms with van der Waals surface area (Å²) in [6.45, 7) is -0.806. The summed E-state index contributed by atoms with van der Waals surface area (Å²) in [6.07, 6.45) is 2.86. The van der Waals surface area contributed by atoms with Gasteiger partial charge in [-0.15, -0.1) is 0 Å². The van der Waals surface area contributed by atoms with Crippen molar-refractivity contribution in [1.29, 1.82) is 0 Å². The van der Waals surface area contributed by atoms with Gasteiger partial charge in [0, 0.05) is 16.3 Å². The highest BCUT2D eigenvalue weighted by Crippen LogP contribution is 2.22. The highest BCUT2D eigenvalue weighted by molar-refractivity contribution is 6.31. The van der Waals surface area contributed by atoms with Crippen LogP contribution in [0.4, 0.5) is 11.4 Å². The smallest absolute Gasteiger partial charge is 0.337 e. The Bertz CT molecular complexity index is 1070. The van der Waals surface area contributed by atoms with Gasteiger partial charge in [-0.3, -0.25) is 9.59 Å². The number of rotatable bonds is 8. The summed E-state index contributed by atoms with van der Waals surface area (Å²) < 4.78 is 10.3. The first-order valence-electron chi connectivity index (χ1n) is 8.61. The minimum absolute atomic E-state index is 0.0779. The zero-order valence-corrected chi connectivity index (χ0v) is 16.2. The molecule has 0 atom stereocenters. The molecule has 10 heteroatoms. The molecule has 1 heterocycles. The van der Waals surface area contributed by atoms with Crippen LogP contribution >= 0.6 is 11.6 Å². The Morgan fingerprint density at radius 1 is 1.07 bits per heavy atom. The molecular weight excluding hydrogens is 414 g/mol. The Morgan fingerprint density at radius 2 is 1.83 bits per heavy atom. The minimum Gasteiger partial charge on any atom is -0.478 e. The third-order valence-electron chi connectivity index (χ3n) is 3.82. The van der Waals surface area contributed by atoms with E-state index in [1.807, 2.05) is 0 Å². The molecule has 9 nitrogen and oxygen atoms in total. The summed E-state index contributed by atoms with van der Waals surface area (Å²) >= 11 is 5.77. The highest BCUT2D eigenvalue weighted by atomic mass is 35.5. The minimum atomic E-state index is -1.24. The average Bonchev–Trinajstić information content (AvgIpc) is 3.24. The van der Waals surface area contributed by atoms with Gasteiger partial charge in [-0.1, -0.05) is 23.7 Å². The van der Waals surface area contributed by atoms with Crippen molar-refractivity contribution in [2.24, 2.45) is 0 Å². The number of carboxylic acids is 1.